The van der Waals surface area contributed by atoms with Crippen LogP contribution in [-0.4, -0.2) is 24.5 Å². The van der Waals surface area contributed by atoms with E-state index in [1.54, 1.807) is 0 Å². The molecule has 2 bridgehead atoms. The van der Waals surface area contributed by atoms with Crippen molar-refractivity contribution in [2.75, 3.05) is 6.54 Å². The van der Waals surface area contributed by atoms with Gasteiger partial charge in [-0.3, -0.25) is 4.79 Å². The van der Waals surface area contributed by atoms with Gasteiger partial charge in [-0.15, -0.1) is 0 Å². The smallest absolute Gasteiger partial charge is 0.225 e. The lowest BCUT2D eigenvalue weighted by Crippen LogP contribution is -2.49. The number of hydrogen-bond acceptors (Lipinski definition) is 2. The van der Waals surface area contributed by atoms with Crippen LogP contribution in [0.3, 0.4) is 0 Å². The second-order valence-corrected chi connectivity index (χ2v) is 4.20. The van der Waals surface area contributed by atoms with Gasteiger partial charge in [0.05, 0.1) is 5.92 Å². The van der Waals surface area contributed by atoms with E-state index in [1.807, 2.05) is 13.8 Å². The van der Waals surface area contributed by atoms with E-state index in [-0.39, 0.29) is 17.9 Å². The molecule has 0 radical (unpaired) electrons. The van der Waals surface area contributed by atoms with E-state index in [0.717, 1.165) is 6.54 Å². The Morgan fingerprint density at radius 3 is 2.75 bits per heavy atom. The number of carbonyl (C=O) groups excluding carboxylic acids is 1. The van der Waals surface area contributed by atoms with Crippen LogP contribution in [0.1, 0.15) is 20.3 Å². The fourth-order valence-electron chi connectivity index (χ4n) is 2.25. The zero-order valence-electron chi connectivity index (χ0n) is 7.63. The lowest BCUT2D eigenvalue weighted by Gasteiger charge is -2.33. The summed E-state index contributed by atoms with van der Waals surface area (Å²) in [7, 11) is 0. The predicted octanol–water partition coefficient (Wildman–Crippen LogP) is 0.119. The van der Waals surface area contributed by atoms with E-state index in [9.17, 15) is 4.79 Å². The Bertz CT molecular complexity index is 189. The zero-order valence-corrected chi connectivity index (χ0v) is 7.63. The molecule has 3 aliphatic rings. The van der Waals surface area contributed by atoms with Crippen molar-refractivity contribution in [3.63, 3.8) is 0 Å². The van der Waals surface area contributed by atoms with Crippen molar-refractivity contribution in [2.24, 2.45) is 11.8 Å². The number of hydrogen-bond donors (Lipinski definition) is 2. The Kier molecular flexibility index (Phi) is 1.83. The SMILES string of the molecule is CC(C)NC(=O)C1C2CNC1C2. The number of nitrogens with one attached hydrogen (secondary N) is 2. The standard InChI is InChI=1S/C9H16N2O/c1-5(2)11-9(12)8-6-3-7(8)10-4-6/h5-8,10H,3-4H2,1-2H3,(H,11,12). The minimum absolute atomic E-state index is 0.247. The van der Waals surface area contributed by atoms with Crippen molar-refractivity contribution >= 4 is 5.91 Å². The number of rotatable bonds is 2. The summed E-state index contributed by atoms with van der Waals surface area (Å²) in [6, 6.07) is 0.756. The van der Waals surface area contributed by atoms with Gasteiger partial charge in [-0.1, -0.05) is 0 Å². The van der Waals surface area contributed by atoms with Gasteiger partial charge < -0.3 is 10.6 Å². The first-order chi connectivity index (χ1) is 5.68. The molecule has 3 unspecified atom stereocenters. The van der Waals surface area contributed by atoms with Crippen molar-refractivity contribution in [2.45, 2.75) is 32.4 Å². The molecule has 2 heterocycles. The Morgan fingerprint density at radius 1 is 1.58 bits per heavy atom. The van der Waals surface area contributed by atoms with Crippen LogP contribution in [0.15, 0.2) is 0 Å². The van der Waals surface area contributed by atoms with Crippen molar-refractivity contribution in [1.82, 2.24) is 10.6 Å². The van der Waals surface area contributed by atoms with Crippen molar-refractivity contribution in [3.8, 4) is 0 Å². The van der Waals surface area contributed by atoms with Crippen LogP contribution in [0.25, 0.3) is 0 Å². The molecule has 2 saturated heterocycles. The minimum atomic E-state index is 0.247. The molecule has 3 fully saturated rings. The quantitative estimate of drug-likeness (QED) is 0.615. The molecule has 3 rings (SSSR count). The van der Waals surface area contributed by atoms with Crippen molar-refractivity contribution in [3.05, 3.63) is 0 Å². The maximum Gasteiger partial charge on any atom is 0.225 e. The van der Waals surface area contributed by atoms with E-state index < -0.39 is 0 Å². The second kappa shape index (κ2) is 2.73. The molecule has 2 aliphatic heterocycles. The van der Waals surface area contributed by atoms with Gasteiger partial charge in [-0.2, -0.15) is 0 Å². The Hall–Kier alpha value is -0.570. The van der Waals surface area contributed by atoms with Gasteiger partial charge >= 0.3 is 0 Å². The maximum atomic E-state index is 11.5. The summed E-state index contributed by atoms with van der Waals surface area (Å²) >= 11 is 0. The fraction of sp³-hybridized carbons (Fsp3) is 0.889. The average Bonchev–Trinajstić information content (AvgIpc) is 2.39. The highest BCUT2D eigenvalue weighted by Crippen LogP contribution is 2.39. The van der Waals surface area contributed by atoms with E-state index >= 15 is 0 Å². The summed E-state index contributed by atoms with van der Waals surface area (Å²) in [6.45, 7) is 5.05. The van der Waals surface area contributed by atoms with Crippen LogP contribution < -0.4 is 10.6 Å². The summed E-state index contributed by atoms with van der Waals surface area (Å²) in [5.74, 6) is 1.14. The molecule has 0 spiro atoms. The molecular formula is C9H16N2O. The van der Waals surface area contributed by atoms with Crippen LogP contribution in [0.5, 0.6) is 0 Å². The molecule has 12 heavy (non-hydrogen) atoms. The Morgan fingerprint density at radius 2 is 2.33 bits per heavy atom. The van der Waals surface area contributed by atoms with E-state index in [2.05, 4.69) is 10.6 Å². The lowest BCUT2D eigenvalue weighted by molar-refractivity contribution is -0.129. The molecule has 68 valence electrons. The topological polar surface area (TPSA) is 41.1 Å². The van der Waals surface area contributed by atoms with Crippen LogP contribution in [0.4, 0.5) is 0 Å². The molecule has 1 saturated carbocycles. The Labute approximate surface area is 72.9 Å². The predicted molar refractivity (Wildman–Crippen MR) is 46.7 cm³/mol. The maximum absolute atomic E-state index is 11.5. The number of amides is 1. The van der Waals surface area contributed by atoms with Crippen molar-refractivity contribution < 1.29 is 4.79 Å². The second-order valence-electron chi connectivity index (χ2n) is 4.20. The molecule has 0 aromatic rings. The summed E-state index contributed by atoms with van der Waals surface area (Å²) in [5, 5.41) is 6.30. The van der Waals surface area contributed by atoms with Crippen LogP contribution in [0.2, 0.25) is 0 Å². The average molecular weight is 168 g/mol. The molecule has 3 nitrogen and oxygen atoms in total. The largest absolute Gasteiger partial charge is 0.354 e. The summed E-state index contributed by atoms with van der Waals surface area (Å²) in [6.07, 6.45) is 1.20. The number of fused-ring (bicyclic) bond motifs is 1. The van der Waals surface area contributed by atoms with Crippen LogP contribution in [0, 0.1) is 11.8 Å². The van der Waals surface area contributed by atoms with Gasteiger partial charge in [-0.25, -0.2) is 0 Å². The molecule has 2 N–H and O–H groups in total. The summed E-state index contributed by atoms with van der Waals surface area (Å²) < 4.78 is 0. The molecule has 1 aliphatic carbocycles. The lowest BCUT2D eigenvalue weighted by atomic mass is 9.73. The van der Waals surface area contributed by atoms with Gasteiger partial charge in [0, 0.05) is 12.1 Å². The third-order valence-corrected chi connectivity index (χ3v) is 2.87. The first-order valence-electron chi connectivity index (χ1n) is 4.72. The highest BCUT2D eigenvalue weighted by molar-refractivity contribution is 5.81. The molecule has 0 aromatic carbocycles. The first-order valence-corrected chi connectivity index (χ1v) is 4.72. The van der Waals surface area contributed by atoms with Gasteiger partial charge in [-0.05, 0) is 32.7 Å². The molecular weight excluding hydrogens is 152 g/mol. The highest BCUT2D eigenvalue weighted by atomic mass is 16.2. The molecule has 0 aromatic heterocycles. The van der Waals surface area contributed by atoms with E-state index in [1.165, 1.54) is 6.42 Å². The molecule has 3 atom stereocenters. The van der Waals surface area contributed by atoms with Gasteiger partial charge in [0.2, 0.25) is 5.91 Å². The minimum Gasteiger partial charge on any atom is -0.354 e. The Balaban J connectivity index is 1.89. The van der Waals surface area contributed by atoms with Crippen molar-refractivity contribution in [1.29, 1.82) is 0 Å². The van der Waals surface area contributed by atoms with E-state index in [4.69, 9.17) is 0 Å². The van der Waals surface area contributed by atoms with Crippen LogP contribution in [-0.2, 0) is 4.79 Å². The van der Waals surface area contributed by atoms with E-state index in [0.29, 0.717) is 12.0 Å². The summed E-state index contributed by atoms with van der Waals surface area (Å²) in [4.78, 5) is 11.5. The number of carbonyl (C=O) groups is 1. The summed E-state index contributed by atoms with van der Waals surface area (Å²) in [5.41, 5.74) is 0. The van der Waals surface area contributed by atoms with Gasteiger partial charge in [0.1, 0.15) is 0 Å². The highest BCUT2D eigenvalue weighted by Gasteiger charge is 2.50. The molecule has 3 heteroatoms. The first kappa shape index (κ1) is 8.05. The zero-order chi connectivity index (χ0) is 8.72. The third kappa shape index (κ3) is 1.12. The van der Waals surface area contributed by atoms with Gasteiger partial charge in [0.15, 0.2) is 0 Å². The normalized spacial score (nSPS) is 38.1. The third-order valence-electron chi connectivity index (χ3n) is 2.87. The molecule has 1 amide bonds. The van der Waals surface area contributed by atoms with Crippen LogP contribution >= 0.6 is 0 Å². The van der Waals surface area contributed by atoms with Gasteiger partial charge in [0.25, 0.3) is 0 Å². The monoisotopic (exact) mass is 168 g/mol. The fourth-order valence-corrected chi connectivity index (χ4v) is 2.25.